The molecule has 2 unspecified atom stereocenters. The van der Waals surface area contributed by atoms with E-state index in [-0.39, 0.29) is 5.41 Å². The maximum absolute atomic E-state index is 10.4. The average Bonchev–Trinajstić information content (AvgIpc) is 2.79. The molecule has 1 aromatic rings. The third kappa shape index (κ3) is 20.0. The van der Waals surface area contributed by atoms with E-state index in [1.165, 1.54) is 96.3 Å². The first-order chi connectivity index (χ1) is 16.2. The van der Waals surface area contributed by atoms with E-state index in [1.807, 2.05) is 30.3 Å². The van der Waals surface area contributed by atoms with E-state index in [4.69, 9.17) is 16.6 Å². The smallest absolute Gasteiger partial charge is 0.320 e. The largest absolute Gasteiger partial charge is 0.480 e. The summed E-state index contributed by atoms with van der Waals surface area (Å²) in [7, 11) is 0. The molecule has 0 aliphatic carbocycles. The van der Waals surface area contributed by atoms with E-state index in [9.17, 15) is 4.79 Å². The van der Waals surface area contributed by atoms with Crippen LogP contribution in [0.1, 0.15) is 130 Å². The van der Waals surface area contributed by atoms with Crippen LogP contribution in [0, 0.1) is 5.41 Å². The molecule has 34 heavy (non-hydrogen) atoms. The quantitative estimate of drug-likeness (QED) is 0.188. The van der Waals surface area contributed by atoms with Crippen molar-refractivity contribution in [1.82, 2.24) is 0 Å². The molecule has 4 heteroatoms. The molecule has 2 atom stereocenters. The summed E-state index contributed by atoms with van der Waals surface area (Å²) < 4.78 is 0. The maximum atomic E-state index is 10.4. The monoisotopic (exact) mass is 476 g/mol. The van der Waals surface area contributed by atoms with Crippen molar-refractivity contribution in [3.8, 4) is 0 Å². The number of carboxylic acid groups (broad SMARTS) is 1. The highest BCUT2D eigenvalue weighted by molar-refractivity contribution is 5.73. The number of carbonyl (C=O) groups is 1. The van der Waals surface area contributed by atoms with Crippen molar-refractivity contribution < 1.29 is 9.90 Å². The number of nitrogens with two attached hydrogens (primary N) is 2. The van der Waals surface area contributed by atoms with Crippen molar-refractivity contribution in [3.05, 3.63) is 35.9 Å². The number of hydrogen-bond acceptors (Lipinski definition) is 3. The Bertz CT molecular complexity index is 583. The molecular formula is C30H56N2O2. The predicted molar refractivity (Wildman–Crippen MR) is 148 cm³/mol. The predicted octanol–water partition coefficient (Wildman–Crippen LogP) is 7.87. The summed E-state index contributed by atoms with van der Waals surface area (Å²) in [5.74, 6) is -0.959. The molecule has 1 aromatic carbocycles. The van der Waals surface area contributed by atoms with Crippen molar-refractivity contribution in [3.63, 3.8) is 0 Å². The van der Waals surface area contributed by atoms with Gasteiger partial charge in [0.05, 0.1) is 0 Å². The molecule has 0 heterocycles. The summed E-state index contributed by atoms with van der Waals surface area (Å²) in [6.07, 6.45) is 21.6. The van der Waals surface area contributed by atoms with Crippen LogP contribution in [0.3, 0.4) is 0 Å². The van der Waals surface area contributed by atoms with E-state index in [1.54, 1.807) is 0 Å². The van der Waals surface area contributed by atoms with Crippen molar-refractivity contribution in [1.29, 1.82) is 0 Å². The van der Waals surface area contributed by atoms with Gasteiger partial charge in [-0.15, -0.1) is 0 Å². The minimum absolute atomic E-state index is 0.274. The van der Waals surface area contributed by atoms with Gasteiger partial charge >= 0.3 is 5.97 Å². The Labute approximate surface area is 211 Å². The number of unbranched alkanes of at least 4 members (excludes halogenated alkanes) is 13. The minimum Gasteiger partial charge on any atom is -0.480 e. The number of hydrogen-bond donors (Lipinski definition) is 3. The second-order valence-electron chi connectivity index (χ2n) is 11.0. The number of rotatable bonds is 18. The van der Waals surface area contributed by atoms with Crippen molar-refractivity contribution in [2.45, 2.75) is 143 Å². The summed E-state index contributed by atoms with van der Waals surface area (Å²) in [5, 5.41) is 8.52. The summed E-state index contributed by atoms with van der Waals surface area (Å²) >= 11 is 0. The van der Waals surface area contributed by atoms with Gasteiger partial charge in [-0.3, -0.25) is 4.79 Å². The third-order valence-corrected chi connectivity index (χ3v) is 6.60. The molecule has 0 aromatic heterocycles. The Balaban J connectivity index is 0.000000757. The van der Waals surface area contributed by atoms with Gasteiger partial charge in [0, 0.05) is 6.04 Å². The Hall–Kier alpha value is -1.39. The molecule has 198 valence electrons. The van der Waals surface area contributed by atoms with Crippen LogP contribution in [-0.2, 0) is 11.2 Å². The van der Waals surface area contributed by atoms with Crippen LogP contribution >= 0.6 is 0 Å². The molecule has 0 amide bonds. The fourth-order valence-electron chi connectivity index (χ4n) is 3.95. The summed E-state index contributed by atoms with van der Waals surface area (Å²) in [6.45, 7) is 9.05. The maximum Gasteiger partial charge on any atom is 0.320 e. The summed E-state index contributed by atoms with van der Waals surface area (Å²) in [6, 6.07) is 8.91. The van der Waals surface area contributed by atoms with Crippen molar-refractivity contribution in [2.24, 2.45) is 16.9 Å². The zero-order chi connectivity index (χ0) is 25.7. The Morgan fingerprint density at radius 3 is 1.56 bits per heavy atom. The standard InChI is InChI=1S/C21H45N.C9H11NO2/c1-5-6-7-8-9-10-11-12-13-14-15-16-17-18-19-20(22)21(2,3)4;10-8(9(11)12)6-7-4-2-1-3-5-7/h20H,5-19,22H2,1-4H3;1-5,8H,6,10H2,(H,11,12). The molecule has 0 aliphatic rings. The van der Waals surface area contributed by atoms with E-state index < -0.39 is 12.0 Å². The molecule has 0 spiro atoms. The molecule has 0 aliphatic heterocycles. The normalized spacial score (nSPS) is 13.1. The van der Waals surface area contributed by atoms with Crippen LogP contribution in [0.25, 0.3) is 0 Å². The lowest BCUT2D eigenvalue weighted by Crippen LogP contribution is -2.34. The fraction of sp³-hybridized carbons (Fsp3) is 0.767. The van der Waals surface area contributed by atoms with Gasteiger partial charge in [-0.05, 0) is 23.8 Å². The second kappa shape index (κ2) is 20.9. The molecule has 0 fully saturated rings. The molecule has 1 rings (SSSR count). The van der Waals surface area contributed by atoms with Gasteiger partial charge < -0.3 is 16.6 Å². The van der Waals surface area contributed by atoms with Crippen LogP contribution in [0.15, 0.2) is 30.3 Å². The first-order valence-electron chi connectivity index (χ1n) is 14.0. The van der Waals surface area contributed by atoms with E-state index in [0.29, 0.717) is 12.5 Å². The summed E-state index contributed by atoms with van der Waals surface area (Å²) in [4.78, 5) is 10.4. The van der Waals surface area contributed by atoms with Gasteiger partial charge in [-0.2, -0.15) is 0 Å². The highest BCUT2D eigenvalue weighted by Crippen LogP contribution is 2.22. The molecule has 5 N–H and O–H groups in total. The third-order valence-electron chi connectivity index (χ3n) is 6.60. The van der Waals surface area contributed by atoms with Gasteiger partial charge in [0.25, 0.3) is 0 Å². The first kappa shape index (κ1) is 32.6. The molecule has 0 saturated carbocycles. The zero-order valence-corrected chi connectivity index (χ0v) is 22.9. The number of carboxylic acids is 1. The van der Waals surface area contributed by atoms with Gasteiger partial charge in [0.2, 0.25) is 0 Å². The average molecular weight is 477 g/mol. The van der Waals surface area contributed by atoms with Gasteiger partial charge in [0.15, 0.2) is 0 Å². The SMILES string of the molecule is CCCCCCCCCCCCCCCCC(N)C(C)(C)C.NC(Cc1ccccc1)C(=O)O. The molecule has 0 bridgehead atoms. The van der Waals surface area contributed by atoms with Gasteiger partial charge in [0.1, 0.15) is 6.04 Å². The summed E-state index contributed by atoms with van der Waals surface area (Å²) in [5.41, 5.74) is 12.8. The Kier molecular flexibility index (Phi) is 20.1. The van der Waals surface area contributed by atoms with Gasteiger partial charge in [-0.1, -0.05) is 148 Å². The topological polar surface area (TPSA) is 89.3 Å². The number of benzene rings is 1. The van der Waals surface area contributed by atoms with E-state index in [0.717, 1.165) is 5.56 Å². The van der Waals surface area contributed by atoms with Gasteiger partial charge in [-0.25, -0.2) is 0 Å². The molecule has 4 nitrogen and oxygen atoms in total. The van der Waals surface area contributed by atoms with Crippen LogP contribution in [0.2, 0.25) is 0 Å². The highest BCUT2D eigenvalue weighted by atomic mass is 16.4. The minimum atomic E-state index is -0.959. The molecule has 0 saturated heterocycles. The molecule has 0 radical (unpaired) electrons. The second-order valence-corrected chi connectivity index (χ2v) is 11.0. The van der Waals surface area contributed by atoms with Crippen LogP contribution in [-0.4, -0.2) is 23.2 Å². The lowest BCUT2D eigenvalue weighted by molar-refractivity contribution is -0.138. The van der Waals surface area contributed by atoms with Crippen molar-refractivity contribution in [2.75, 3.05) is 0 Å². The molecular weight excluding hydrogens is 420 g/mol. The Morgan fingerprint density at radius 2 is 1.18 bits per heavy atom. The Morgan fingerprint density at radius 1 is 0.765 bits per heavy atom. The van der Waals surface area contributed by atoms with Crippen LogP contribution in [0.4, 0.5) is 0 Å². The van der Waals surface area contributed by atoms with Crippen LogP contribution < -0.4 is 11.5 Å². The van der Waals surface area contributed by atoms with Crippen LogP contribution in [0.5, 0.6) is 0 Å². The highest BCUT2D eigenvalue weighted by Gasteiger charge is 2.19. The lowest BCUT2D eigenvalue weighted by Gasteiger charge is -2.26. The fourth-order valence-corrected chi connectivity index (χ4v) is 3.95. The lowest BCUT2D eigenvalue weighted by atomic mass is 9.84. The first-order valence-corrected chi connectivity index (χ1v) is 14.0. The van der Waals surface area contributed by atoms with Crippen molar-refractivity contribution >= 4 is 5.97 Å². The number of aliphatic carboxylic acids is 1. The van der Waals surface area contributed by atoms with E-state index >= 15 is 0 Å². The van der Waals surface area contributed by atoms with E-state index in [2.05, 4.69) is 27.7 Å². The zero-order valence-electron chi connectivity index (χ0n) is 22.9.